The Morgan fingerprint density at radius 1 is 0.667 bits per heavy atom. The molecule has 4 rings (SSSR count). The summed E-state index contributed by atoms with van der Waals surface area (Å²) in [6, 6.07) is 0. The second-order valence-corrected chi connectivity index (χ2v) is 6.22. The van der Waals surface area contributed by atoms with Gasteiger partial charge in [-0.15, -0.1) is 0 Å². The van der Waals surface area contributed by atoms with Gasteiger partial charge in [0, 0.05) is 24.8 Å². The van der Waals surface area contributed by atoms with Gasteiger partial charge < -0.3 is 25.6 Å². The summed E-state index contributed by atoms with van der Waals surface area (Å²) in [7, 11) is 0. The highest BCUT2D eigenvalue weighted by Crippen LogP contribution is 2.12. The first-order valence-corrected chi connectivity index (χ1v) is 9.17. The van der Waals surface area contributed by atoms with Crippen LogP contribution in [0.15, 0.2) is 37.2 Å². The molecule has 148 valence electrons. The molecule has 0 radical (unpaired) electrons. The lowest BCUT2D eigenvalue weighted by Crippen LogP contribution is -2.34. The van der Waals surface area contributed by atoms with E-state index in [0.717, 1.165) is 51.9 Å². The third kappa shape index (κ3) is 7.81. The van der Waals surface area contributed by atoms with Crippen LogP contribution in [0.3, 0.4) is 0 Å². The normalized spacial score (nSPS) is 17.8. The molecular formula is C18H28N6O3. The molecule has 9 heteroatoms. The van der Waals surface area contributed by atoms with Gasteiger partial charge >= 0.3 is 0 Å². The van der Waals surface area contributed by atoms with E-state index in [0.29, 0.717) is 24.0 Å². The Kier molecular flexibility index (Phi) is 9.39. The van der Waals surface area contributed by atoms with Crippen molar-refractivity contribution >= 4 is 0 Å². The van der Waals surface area contributed by atoms with Gasteiger partial charge in [0.25, 0.3) is 0 Å². The first-order chi connectivity index (χ1) is 12.9. The number of rotatable bonds is 4. The Bertz CT molecular complexity index is 552. The number of nitrogens with one attached hydrogen (secondary N) is 2. The molecule has 0 aliphatic carbocycles. The van der Waals surface area contributed by atoms with E-state index in [2.05, 4.69) is 30.6 Å². The van der Waals surface area contributed by atoms with Crippen LogP contribution in [0.25, 0.3) is 0 Å². The summed E-state index contributed by atoms with van der Waals surface area (Å²) in [4.78, 5) is 16.0. The fourth-order valence-electron chi connectivity index (χ4n) is 2.86. The molecule has 2 saturated heterocycles. The standard InChI is InChI=1S/2C9H13N3O.H2O/c2*1-3-10-4-2-8(1)13-9-7-11-5-6-12-9;/h2*5-8,10H,1-4H2;1H2. The van der Waals surface area contributed by atoms with Crippen molar-refractivity contribution in [2.45, 2.75) is 37.9 Å². The highest BCUT2D eigenvalue weighted by molar-refractivity contribution is 5.03. The first-order valence-electron chi connectivity index (χ1n) is 9.17. The number of ether oxygens (including phenoxy) is 2. The summed E-state index contributed by atoms with van der Waals surface area (Å²) in [5, 5.41) is 6.57. The molecule has 0 amide bonds. The van der Waals surface area contributed by atoms with Crippen molar-refractivity contribution in [1.29, 1.82) is 0 Å². The molecule has 2 aliphatic heterocycles. The van der Waals surface area contributed by atoms with Crippen molar-refractivity contribution in [2.24, 2.45) is 0 Å². The molecule has 2 fully saturated rings. The third-order valence-corrected chi connectivity index (χ3v) is 4.23. The van der Waals surface area contributed by atoms with Crippen LogP contribution in [0.1, 0.15) is 25.7 Å². The van der Waals surface area contributed by atoms with Crippen LogP contribution < -0.4 is 20.1 Å². The molecular weight excluding hydrogens is 348 g/mol. The number of hydrogen-bond acceptors (Lipinski definition) is 8. The molecule has 0 saturated carbocycles. The summed E-state index contributed by atoms with van der Waals surface area (Å²) in [5.41, 5.74) is 0. The van der Waals surface area contributed by atoms with Crippen molar-refractivity contribution < 1.29 is 14.9 Å². The Balaban J connectivity index is 0.000000187. The Morgan fingerprint density at radius 2 is 1.07 bits per heavy atom. The smallest absolute Gasteiger partial charge is 0.232 e. The minimum atomic E-state index is 0. The molecule has 0 aromatic carbocycles. The molecule has 4 N–H and O–H groups in total. The third-order valence-electron chi connectivity index (χ3n) is 4.23. The van der Waals surface area contributed by atoms with Crippen LogP contribution in [0, 0.1) is 0 Å². The molecule has 0 bridgehead atoms. The quantitative estimate of drug-likeness (QED) is 0.785. The second-order valence-electron chi connectivity index (χ2n) is 6.22. The molecule has 27 heavy (non-hydrogen) atoms. The molecule has 4 heterocycles. The Morgan fingerprint density at radius 3 is 1.41 bits per heavy atom. The van der Waals surface area contributed by atoms with Crippen LogP contribution in [0.5, 0.6) is 11.8 Å². The second kappa shape index (κ2) is 12.1. The minimum absolute atomic E-state index is 0. The number of nitrogens with zero attached hydrogens (tertiary/aromatic N) is 4. The zero-order valence-electron chi connectivity index (χ0n) is 15.4. The van der Waals surface area contributed by atoms with Crippen molar-refractivity contribution in [2.75, 3.05) is 26.2 Å². The van der Waals surface area contributed by atoms with Crippen molar-refractivity contribution in [3.8, 4) is 11.8 Å². The summed E-state index contributed by atoms with van der Waals surface area (Å²) in [6.45, 7) is 4.13. The summed E-state index contributed by atoms with van der Waals surface area (Å²) in [5.74, 6) is 1.27. The van der Waals surface area contributed by atoms with Gasteiger partial charge in [-0.3, -0.25) is 9.97 Å². The molecule has 0 unspecified atom stereocenters. The van der Waals surface area contributed by atoms with Gasteiger partial charge in [0.1, 0.15) is 12.2 Å². The zero-order valence-corrected chi connectivity index (χ0v) is 15.4. The Hall–Kier alpha value is -2.36. The monoisotopic (exact) mass is 376 g/mol. The zero-order chi connectivity index (χ0) is 17.9. The molecule has 2 aromatic rings. The van der Waals surface area contributed by atoms with Crippen molar-refractivity contribution in [3.05, 3.63) is 37.2 Å². The van der Waals surface area contributed by atoms with E-state index in [1.165, 1.54) is 0 Å². The van der Waals surface area contributed by atoms with E-state index < -0.39 is 0 Å². The van der Waals surface area contributed by atoms with Gasteiger partial charge in [-0.05, 0) is 51.9 Å². The van der Waals surface area contributed by atoms with Gasteiger partial charge in [0.15, 0.2) is 0 Å². The molecule has 2 aliphatic rings. The van der Waals surface area contributed by atoms with E-state index in [1.807, 2.05) is 0 Å². The molecule has 0 spiro atoms. The first kappa shape index (κ1) is 20.9. The Labute approximate surface area is 159 Å². The van der Waals surface area contributed by atoms with Gasteiger partial charge in [0.2, 0.25) is 11.8 Å². The number of piperidine rings is 2. The van der Waals surface area contributed by atoms with Crippen molar-refractivity contribution in [1.82, 2.24) is 30.6 Å². The maximum Gasteiger partial charge on any atom is 0.232 e. The van der Waals surface area contributed by atoms with Crippen LogP contribution in [-0.4, -0.2) is 63.8 Å². The van der Waals surface area contributed by atoms with Crippen LogP contribution in [0.4, 0.5) is 0 Å². The maximum atomic E-state index is 5.64. The summed E-state index contributed by atoms with van der Waals surface area (Å²) < 4.78 is 11.3. The average molecular weight is 376 g/mol. The largest absolute Gasteiger partial charge is 0.473 e. The molecule has 2 aromatic heterocycles. The number of aromatic nitrogens is 4. The molecule has 0 atom stereocenters. The van der Waals surface area contributed by atoms with Gasteiger partial charge in [0.05, 0.1) is 12.4 Å². The van der Waals surface area contributed by atoms with E-state index >= 15 is 0 Å². The highest BCUT2D eigenvalue weighted by atomic mass is 16.5. The average Bonchev–Trinajstić information content (AvgIpc) is 2.72. The fourth-order valence-corrected chi connectivity index (χ4v) is 2.86. The topological polar surface area (TPSA) is 126 Å². The highest BCUT2D eigenvalue weighted by Gasteiger charge is 2.15. The molecule has 9 nitrogen and oxygen atoms in total. The summed E-state index contributed by atoms with van der Waals surface area (Å²) >= 11 is 0. The SMILES string of the molecule is O.c1cnc(OC2CCNCC2)cn1.c1cnc(OC2CCNCC2)cn1. The lowest BCUT2D eigenvalue weighted by atomic mass is 10.1. The lowest BCUT2D eigenvalue weighted by Gasteiger charge is -2.22. The van der Waals surface area contributed by atoms with E-state index in [4.69, 9.17) is 9.47 Å². The predicted octanol–water partition coefficient (Wildman–Crippen LogP) is 0.390. The van der Waals surface area contributed by atoms with Crippen LogP contribution >= 0.6 is 0 Å². The predicted molar refractivity (Wildman–Crippen MR) is 101 cm³/mol. The van der Waals surface area contributed by atoms with E-state index in [9.17, 15) is 0 Å². The van der Waals surface area contributed by atoms with Gasteiger partial charge in [-0.2, -0.15) is 0 Å². The number of hydrogen-bond donors (Lipinski definition) is 2. The lowest BCUT2D eigenvalue weighted by molar-refractivity contribution is 0.155. The van der Waals surface area contributed by atoms with Crippen LogP contribution in [-0.2, 0) is 0 Å². The maximum absolute atomic E-state index is 5.64. The van der Waals surface area contributed by atoms with Crippen molar-refractivity contribution in [3.63, 3.8) is 0 Å². The van der Waals surface area contributed by atoms with E-state index in [-0.39, 0.29) is 5.48 Å². The van der Waals surface area contributed by atoms with Crippen LogP contribution in [0.2, 0.25) is 0 Å². The van der Waals surface area contributed by atoms with Gasteiger partial charge in [-0.1, -0.05) is 0 Å². The fraction of sp³-hybridized carbons (Fsp3) is 0.556. The van der Waals surface area contributed by atoms with E-state index in [1.54, 1.807) is 37.2 Å². The van der Waals surface area contributed by atoms with Gasteiger partial charge in [-0.25, -0.2) is 9.97 Å². The minimum Gasteiger partial charge on any atom is -0.473 e. The summed E-state index contributed by atoms with van der Waals surface area (Å²) in [6.07, 6.45) is 14.7.